The van der Waals surface area contributed by atoms with Gasteiger partial charge in [-0.05, 0) is 47.5 Å². The minimum absolute atomic E-state index is 0.149. The van der Waals surface area contributed by atoms with Crippen molar-refractivity contribution in [3.05, 3.63) is 80.8 Å². The van der Waals surface area contributed by atoms with Crippen LogP contribution in [0.15, 0.2) is 42.5 Å². The molecule has 2 heterocycles. The van der Waals surface area contributed by atoms with Crippen molar-refractivity contribution >= 4 is 50.6 Å². The lowest BCUT2D eigenvalue weighted by molar-refractivity contribution is 0.0994. The van der Waals surface area contributed by atoms with Crippen LogP contribution in [0.1, 0.15) is 27.3 Å². The Labute approximate surface area is 181 Å². The molecule has 0 unspecified atom stereocenters. The lowest BCUT2D eigenvalue weighted by Crippen LogP contribution is -2.22. The Kier molecular flexibility index (Phi) is 5.17. The fourth-order valence-electron chi connectivity index (χ4n) is 3.39. The average molecular weight is 466 g/mol. The maximum absolute atomic E-state index is 13.3. The predicted molar refractivity (Wildman–Crippen MR) is 114 cm³/mol. The van der Waals surface area contributed by atoms with Gasteiger partial charge in [0.2, 0.25) is 0 Å². The lowest BCUT2D eigenvalue weighted by atomic mass is 10.0. The van der Waals surface area contributed by atoms with Gasteiger partial charge in [0, 0.05) is 10.6 Å². The molecule has 3 aromatic rings. The van der Waals surface area contributed by atoms with Gasteiger partial charge in [-0.15, -0.1) is 0 Å². The van der Waals surface area contributed by atoms with Crippen molar-refractivity contribution in [2.24, 2.45) is 5.73 Å². The Hall–Kier alpha value is -2.68. The number of carbonyl (C=O) groups excluding carboxylic acids is 1. The molecule has 2 N–H and O–H groups in total. The van der Waals surface area contributed by atoms with Gasteiger partial charge in [-0.1, -0.05) is 35.3 Å². The van der Waals surface area contributed by atoms with Crippen molar-refractivity contribution in [3.8, 4) is 5.69 Å². The van der Waals surface area contributed by atoms with E-state index in [0.717, 1.165) is 0 Å². The summed E-state index contributed by atoms with van der Waals surface area (Å²) in [6.45, 7) is 0. The SMILES string of the molecule is NC(=O)c1nn(-c2ccc(Cl)cc2Cl)c2c1CS(=O)(=O)CC2=Cc1ccc(F)cc1. The van der Waals surface area contributed by atoms with Crippen LogP contribution < -0.4 is 5.73 Å². The van der Waals surface area contributed by atoms with E-state index in [4.69, 9.17) is 28.9 Å². The minimum atomic E-state index is -3.57. The van der Waals surface area contributed by atoms with Crippen LogP contribution in [-0.4, -0.2) is 29.9 Å². The first-order valence-corrected chi connectivity index (χ1v) is 11.3. The van der Waals surface area contributed by atoms with Crippen molar-refractivity contribution in [1.29, 1.82) is 0 Å². The Balaban J connectivity index is 2.01. The van der Waals surface area contributed by atoms with E-state index in [0.29, 0.717) is 27.5 Å². The second-order valence-corrected chi connectivity index (χ2v) is 9.71. The number of primary amides is 1. The van der Waals surface area contributed by atoms with E-state index in [1.54, 1.807) is 18.2 Å². The van der Waals surface area contributed by atoms with Crippen LogP contribution in [0, 0.1) is 5.82 Å². The molecule has 10 heteroatoms. The Bertz CT molecular complexity index is 1320. The molecular formula is C20H14Cl2FN3O3S. The quantitative estimate of drug-likeness (QED) is 0.634. The monoisotopic (exact) mass is 465 g/mol. The first-order chi connectivity index (χ1) is 14.1. The molecule has 1 aromatic heterocycles. The predicted octanol–water partition coefficient (Wildman–Crippen LogP) is 3.89. The third-order valence-electron chi connectivity index (χ3n) is 4.61. The zero-order chi connectivity index (χ0) is 21.6. The van der Waals surface area contributed by atoms with Gasteiger partial charge in [-0.25, -0.2) is 17.5 Å². The molecule has 0 saturated heterocycles. The van der Waals surface area contributed by atoms with Gasteiger partial charge in [-0.3, -0.25) is 4.79 Å². The summed E-state index contributed by atoms with van der Waals surface area (Å²) in [6.07, 6.45) is 1.61. The molecule has 2 aromatic carbocycles. The van der Waals surface area contributed by atoms with Crippen molar-refractivity contribution in [2.75, 3.05) is 5.75 Å². The molecular weight excluding hydrogens is 452 g/mol. The number of nitrogens with two attached hydrogens (primary N) is 1. The highest BCUT2D eigenvalue weighted by molar-refractivity contribution is 7.91. The zero-order valence-electron chi connectivity index (χ0n) is 15.3. The first-order valence-electron chi connectivity index (χ1n) is 8.69. The molecule has 0 radical (unpaired) electrons. The summed E-state index contributed by atoms with van der Waals surface area (Å²) in [4.78, 5) is 12.0. The number of amides is 1. The third-order valence-corrected chi connectivity index (χ3v) is 6.63. The van der Waals surface area contributed by atoms with Gasteiger partial charge in [-0.2, -0.15) is 5.10 Å². The van der Waals surface area contributed by atoms with E-state index >= 15 is 0 Å². The molecule has 1 aliphatic rings. The molecule has 0 saturated carbocycles. The van der Waals surface area contributed by atoms with Gasteiger partial charge in [0.25, 0.3) is 5.91 Å². The summed E-state index contributed by atoms with van der Waals surface area (Å²) in [5, 5.41) is 4.94. The Morgan fingerprint density at radius 3 is 2.47 bits per heavy atom. The van der Waals surface area contributed by atoms with Crippen LogP contribution in [0.2, 0.25) is 10.0 Å². The second-order valence-electron chi connectivity index (χ2n) is 6.80. The average Bonchev–Trinajstić information content (AvgIpc) is 3.02. The van der Waals surface area contributed by atoms with Crippen LogP contribution in [0.25, 0.3) is 17.3 Å². The van der Waals surface area contributed by atoms with Gasteiger partial charge in [0.05, 0.1) is 27.9 Å². The summed E-state index contributed by atoms with van der Waals surface area (Å²) < 4.78 is 39.8. The van der Waals surface area contributed by atoms with Crippen molar-refractivity contribution in [2.45, 2.75) is 5.75 Å². The molecule has 30 heavy (non-hydrogen) atoms. The summed E-state index contributed by atoms with van der Waals surface area (Å²) in [6, 6.07) is 10.3. The number of nitrogens with zero attached hydrogens (tertiary/aromatic N) is 2. The number of rotatable bonds is 3. The fourth-order valence-corrected chi connectivity index (χ4v) is 5.39. The smallest absolute Gasteiger partial charge is 0.269 e. The van der Waals surface area contributed by atoms with E-state index in [1.807, 2.05) is 0 Å². The van der Waals surface area contributed by atoms with E-state index in [2.05, 4.69) is 5.10 Å². The van der Waals surface area contributed by atoms with Gasteiger partial charge in [0.15, 0.2) is 15.5 Å². The van der Waals surface area contributed by atoms with Crippen LogP contribution >= 0.6 is 23.2 Å². The van der Waals surface area contributed by atoms with E-state index in [1.165, 1.54) is 35.0 Å². The molecule has 0 atom stereocenters. The second kappa shape index (κ2) is 7.54. The highest BCUT2D eigenvalue weighted by Gasteiger charge is 2.34. The largest absolute Gasteiger partial charge is 0.364 e. The zero-order valence-corrected chi connectivity index (χ0v) is 17.6. The maximum atomic E-state index is 13.3. The standard InChI is InChI=1S/C20H14Cl2FN3O3S/c21-13-3-6-17(16(22)8-13)26-19-12(7-11-1-4-14(23)5-2-11)9-30(28,29)10-15(19)18(25-26)20(24)27/h1-8H,9-10H2,(H2,24,27). The van der Waals surface area contributed by atoms with Gasteiger partial charge < -0.3 is 5.73 Å². The van der Waals surface area contributed by atoms with Crippen molar-refractivity contribution < 1.29 is 17.6 Å². The molecule has 1 aliphatic heterocycles. The number of sulfone groups is 1. The third kappa shape index (κ3) is 3.86. The number of fused-ring (bicyclic) bond motifs is 1. The number of aromatic nitrogens is 2. The first kappa shape index (κ1) is 20.6. The number of benzene rings is 2. The molecule has 0 bridgehead atoms. The van der Waals surface area contributed by atoms with E-state index in [-0.39, 0.29) is 27.8 Å². The van der Waals surface area contributed by atoms with Gasteiger partial charge in [0.1, 0.15) is 5.82 Å². The number of halogens is 3. The molecule has 6 nitrogen and oxygen atoms in total. The fraction of sp³-hybridized carbons (Fsp3) is 0.100. The summed E-state index contributed by atoms with van der Waals surface area (Å²) in [7, 11) is -3.57. The summed E-state index contributed by atoms with van der Waals surface area (Å²) in [5.74, 6) is -1.93. The molecule has 0 spiro atoms. The van der Waals surface area contributed by atoms with Crippen LogP contribution in [0.4, 0.5) is 4.39 Å². The molecule has 154 valence electrons. The van der Waals surface area contributed by atoms with Gasteiger partial charge >= 0.3 is 0 Å². The normalized spacial score (nSPS) is 16.4. The molecule has 1 amide bonds. The molecule has 0 fully saturated rings. The highest BCUT2D eigenvalue weighted by Crippen LogP contribution is 2.36. The van der Waals surface area contributed by atoms with Crippen molar-refractivity contribution in [3.63, 3.8) is 0 Å². The van der Waals surface area contributed by atoms with Crippen LogP contribution in [0.5, 0.6) is 0 Å². The number of carbonyl (C=O) groups is 1. The lowest BCUT2D eigenvalue weighted by Gasteiger charge is -2.19. The van der Waals surface area contributed by atoms with Crippen molar-refractivity contribution in [1.82, 2.24) is 9.78 Å². The Morgan fingerprint density at radius 1 is 1.13 bits per heavy atom. The van der Waals surface area contributed by atoms with Crippen LogP contribution in [-0.2, 0) is 15.6 Å². The number of hydrogen-bond donors (Lipinski definition) is 1. The topological polar surface area (TPSA) is 95.1 Å². The maximum Gasteiger partial charge on any atom is 0.269 e. The highest BCUT2D eigenvalue weighted by atomic mass is 35.5. The summed E-state index contributed by atoms with van der Waals surface area (Å²) >= 11 is 12.3. The van der Waals surface area contributed by atoms with Crippen LogP contribution in [0.3, 0.4) is 0 Å². The van der Waals surface area contributed by atoms with E-state index in [9.17, 15) is 17.6 Å². The number of hydrogen-bond acceptors (Lipinski definition) is 4. The minimum Gasteiger partial charge on any atom is -0.364 e. The molecule has 4 rings (SSSR count). The summed E-state index contributed by atoms with van der Waals surface area (Å²) in [5.41, 5.74) is 7.31. The molecule has 0 aliphatic carbocycles. The Morgan fingerprint density at radius 2 is 1.83 bits per heavy atom. The van der Waals surface area contributed by atoms with E-state index < -0.39 is 21.6 Å².